The maximum absolute atomic E-state index is 12.6. The molecule has 0 aliphatic heterocycles. The van der Waals surface area contributed by atoms with Gasteiger partial charge in [-0.1, -0.05) is 48.3 Å². The van der Waals surface area contributed by atoms with Gasteiger partial charge in [0.1, 0.15) is 12.3 Å². The largest absolute Gasteiger partial charge is 0.496 e. The van der Waals surface area contributed by atoms with E-state index in [1.807, 2.05) is 31.2 Å². The fraction of sp³-hybridized carbons (Fsp3) is 0.238. The summed E-state index contributed by atoms with van der Waals surface area (Å²) >= 11 is 11.9. The van der Waals surface area contributed by atoms with Crippen molar-refractivity contribution in [3.63, 3.8) is 0 Å². The van der Waals surface area contributed by atoms with Crippen LogP contribution in [0.5, 0.6) is 5.75 Å². The van der Waals surface area contributed by atoms with Gasteiger partial charge in [0, 0.05) is 23.2 Å². The second-order valence-corrected chi connectivity index (χ2v) is 6.85. The van der Waals surface area contributed by atoms with E-state index in [-0.39, 0.29) is 18.4 Å². The quantitative estimate of drug-likeness (QED) is 0.618. The summed E-state index contributed by atoms with van der Waals surface area (Å²) in [6, 6.07) is 12.2. The van der Waals surface area contributed by atoms with Crippen LogP contribution < -0.4 is 10.1 Å². The molecular formula is C21H22Cl2N2O3. The maximum Gasteiger partial charge on any atom is 0.247 e. The predicted molar refractivity (Wildman–Crippen MR) is 114 cm³/mol. The molecule has 2 aromatic carbocycles. The normalized spacial score (nSPS) is 10.7. The lowest BCUT2D eigenvalue weighted by Gasteiger charge is -2.20. The minimum Gasteiger partial charge on any atom is -0.496 e. The van der Waals surface area contributed by atoms with Crippen molar-refractivity contribution in [1.82, 2.24) is 4.90 Å². The number of para-hydroxylation sites is 1. The smallest absolute Gasteiger partial charge is 0.247 e. The summed E-state index contributed by atoms with van der Waals surface area (Å²) in [6.45, 7) is 2.32. The fourth-order valence-corrected chi connectivity index (χ4v) is 3.02. The molecule has 148 valence electrons. The first-order valence-electron chi connectivity index (χ1n) is 8.79. The number of nitrogens with zero attached hydrogens (tertiary/aromatic N) is 1. The van der Waals surface area contributed by atoms with E-state index in [2.05, 4.69) is 5.32 Å². The molecule has 0 aromatic heterocycles. The Labute approximate surface area is 174 Å². The first kappa shape index (κ1) is 21.8. The summed E-state index contributed by atoms with van der Waals surface area (Å²) in [5.74, 6) is 0.0746. The zero-order valence-corrected chi connectivity index (χ0v) is 17.3. The number of halogens is 2. The van der Waals surface area contributed by atoms with Crippen LogP contribution in [0.15, 0.2) is 48.5 Å². The number of amides is 2. The number of ether oxygens (including phenoxy) is 1. The maximum atomic E-state index is 12.6. The van der Waals surface area contributed by atoms with Crippen LogP contribution >= 0.6 is 23.2 Å². The van der Waals surface area contributed by atoms with Gasteiger partial charge >= 0.3 is 0 Å². The molecule has 5 nitrogen and oxygen atoms in total. The van der Waals surface area contributed by atoms with Gasteiger partial charge in [0.25, 0.3) is 0 Å². The molecule has 0 spiro atoms. The van der Waals surface area contributed by atoms with E-state index in [9.17, 15) is 9.59 Å². The van der Waals surface area contributed by atoms with Crippen molar-refractivity contribution in [3.8, 4) is 5.75 Å². The molecule has 0 atom stereocenters. The standard InChI is InChI=1S/C21H22Cl2N2O3/c1-3-12-25(14-20(26)24-18-10-9-16(22)13-17(18)23)21(27)11-8-15-6-4-5-7-19(15)28-2/h4-11,13H,3,12,14H2,1-2H3,(H,24,26). The highest BCUT2D eigenvalue weighted by molar-refractivity contribution is 6.36. The molecule has 2 rings (SSSR count). The molecule has 0 saturated carbocycles. The van der Waals surface area contributed by atoms with E-state index in [1.165, 1.54) is 11.0 Å². The molecule has 0 fully saturated rings. The molecule has 0 heterocycles. The second kappa shape index (κ2) is 10.7. The van der Waals surface area contributed by atoms with Crippen LogP contribution in [-0.2, 0) is 9.59 Å². The first-order chi connectivity index (χ1) is 13.4. The monoisotopic (exact) mass is 420 g/mol. The third-order valence-corrected chi connectivity index (χ3v) is 4.44. The highest BCUT2D eigenvalue weighted by atomic mass is 35.5. The molecule has 0 unspecified atom stereocenters. The van der Waals surface area contributed by atoms with Crippen LogP contribution in [0.25, 0.3) is 6.08 Å². The molecule has 28 heavy (non-hydrogen) atoms. The van der Waals surface area contributed by atoms with Gasteiger partial charge in [-0.15, -0.1) is 0 Å². The summed E-state index contributed by atoms with van der Waals surface area (Å²) in [5, 5.41) is 3.52. The molecule has 1 N–H and O–H groups in total. The number of benzene rings is 2. The summed E-state index contributed by atoms with van der Waals surface area (Å²) in [4.78, 5) is 26.4. The number of hydrogen-bond donors (Lipinski definition) is 1. The van der Waals surface area contributed by atoms with E-state index in [4.69, 9.17) is 27.9 Å². The number of carbonyl (C=O) groups excluding carboxylic acids is 2. The van der Waals surface area contributed by atoms with Crippen LogP contribution in [0.1, 0.15) is 18.9 Å². The minimum absolute atomic E-state index is 0.0815. The SMILES string of the molecule is CCCN(CC(=O)Nc1ccc(Cl)cc1Cl)C(=O)C=Cc1ccccc1OC. The Bertz CT molecular complexity index is 868. The van der Waals surface area contributed by atoms with Crippen molar-refractivity contribution in [2.75, 3.05) is 25.5 Å². The van der Waals surface area contributed by atoms with Crippen LogP contribution in [0.4, 0.5) is 5.69 Å². The van der Waals surface area contributed by atoms with Gasteiger partial charge in [0.15, 0.2) is 0 Å². The molecule has 7 heteroatoms. The zero-order valence-electron chi connectivity index (χ0n) is 15.7. The van der Waals surface area contributed by atoms with Crippen molar-refractivity contribution in [2.24, 2.45) is 0 Å². The molecule has 2 amide bonds. The van der Waals surface area contributed by atoms with Gasteiger partial charge in [-0.25, -0.2) is 0 Å². The molecular weight excluding hydrogens is 399 g/mol. The lowest BCUT2D eigenvalue weighted by Crippen LogP contribution is -2.37. The van der Waals surface area contributed by atoms with Crippen LogP contribution in [0, 0.1) is 0 Å². The number of anilines is 1. The van der Waals surface area contributed by atoms with E-state index >= 15 is 0 Å². The molecule has 0 saturated heterocycles. The van der Waals surface area contributed by atoms with Crippen LogP contribution in [0.2, 0.25) is 10.0 Å². The average Bonchev–Trinajstić information content (AvgIpc) is 2.68. The van der Waals surface area contributed by atoms with Crippen LogP contribution in [-0.4, -0.2) is 36.9 Å². The third-order valence-electron chi connectivity index (χ3n) is 3.89. The third kappa shape index (κ3) is 6.29. The lowest BCUT2D eigenvalue weighted by atomic mass is 10.2. The topological polar surface area (TPSA) is 58.6 Å². The molecule has 0 aliphatic carbocycles. The Balaban J connectivity index is 2.05. The summed E-state index contributed by atoms with van der Waals surface area (Å²) in [7, 11) is 1.57. The minimum atomic E-state index is -0.336. The molecule has 0 bridgehead atoms. The van der Waals surface area contributed by atoms with Crippen molar-refractivity contribution >= 4 is 46.8 Å². The van der Waals surface area contributed by atoms with Gasteiger partial charge in [0.2, 0.25) is 11.8 Å². The zero-order chi connectivity index (χ0) is 20.5. The summed E-state index contributed by atoms with van der Waals surface area (Å²) in [5.41, 5.74) is 1.23. The first-order valence-corrected chi connectivity index (χ1v) is 9.55. The predicted octanol–water partition coefficient (Wildman–Crippen LogP) is 4.89. The van der Waals surface area contributed by atoms with Crippen molar-refractivity contribution in [2.45, 2.75) is 13.3 Å². The molecule has 0 aliphatic rings. The Morgan fingerprint density at radius 3 is 2.61 bits per heavy atom. The van der Waals surface area contributed by atoms with Gasteiger partial charge in [0.05, 0.1) is 17.8 Å². The van der Waals surface area contributed by atoms with E-state index < -0.39 is 0 Å². The van der Waals surface area contributed by atoms with Gasteiger partial charge in [-0.2, -0.15) is 0 Å². The molecule has 0 radical (unpaired) electrons. The number of rotatable bonds is 8. The number of carbonyl (C=O) groups is 2. The Morgan fingerprint density at radius 2 is 1.93 bits per heavy atom. The van der Waals surface area contributed by atoms with Gasteiger partial charge in [-0.05, 0) is 36.8 Å². The fourth-order valence-electron chi connectivity index (χ4n) is 2.56. The second-order valence-electron chi connectivity index (χ2n) is 6.01. The van der Waals surface area contributed by atoms with E-state index in [1.54, 1.807) is 31.4 Å². The summed E-state index contributed by atoms with van der Waals surface area (Å²) < 4.78 is 5.27. The van der Waals surface area contributed by atoms with Gasteiger partial charge in [-0.3, -0.25) is 9.59 Å². The summed E-state index contributed by atoms with van der Waals surface area (Å²) in [6.07, 6.45) is 3.84. The Kier molecular flexibility index (Phi) is 8.36. The van der Waals surface area contributed by atoms with Gasteiger partial charge < -0.3 is 15.0 Å². The highest BCUT2D eigenvalue weighted by Gasteiger charge is 2.15. The average molecular weight is 421 g/mol. The number of methoxy groups -OCH3 is 1. The molecule has 2 aromatic rings. The van der Waals surface area contributed by atoms with E-state index in [0.29, 0.717) is 28.0 Å². The Morgan fingerprint density at radius 1 is 1.18 bits per heavy atom. The van der Waals surface area contributed by atoms with Crippen molar-refractivity contribution in [1.29, 1.82) is 0 Å². The number of hydrogen-bond acceptors (Lipinski definition) is 3. The number of nitrogens with one attached hydrogen (secondary N) is 1. The van der Waals surface area contributed by atoms with Crippen molar-refractivity contribution < 1.29 is 14.3 Å². The van der Waals surface area contributed by atoms with E-state index in [0.717, 1.165) is 12.0 Å². The van der Waals surface area contributed by atoms with Crippen LogP contribution in [0.3, 0.4) is 0 Å². The Hall–Kier alpha value is -2.50. The highest BCUT2D eigenvalue weighted by Crippen LogP contribution is 2.25. The van der Waals surface area contributed by atoms with Crippen molar-refractivity contribution in [3.05, 3.63) is 64.1 Å². The lowest BCUT2D eigenvalue weighted by molar-refractivity contribution is -0.130.